The first-order chi connectivity index (χ1) is 66.9. The van der Waals surface area contributed by atoms with E-state index in [0.29, 0.717) is 0 Å². The fourth-order valence-corrected chi connectivity index (χ4v) is 21.4. The highest BCUT2D eigenvalue weighted by molar-refractivity contribution is 6.25. The Balaban J connectivity index is 0.000000101. The minimum absolute atomic E-state index is 0.896. The van der Waals surface area contributed by atoms with E-state index < -0.39 is 0 Å². The SMILES string of the molecule is c1ccc(-n2c3ccccc3c3oc4c(-c5cccc(-c6ccc7c(c6)oc6cc8ccccc8cc67)c5)cccc4c32)cc1.c1ccc(-n2c3ccccc3c3oc4c(-c5cccc(-c6ccc7c(c6)oc6ccc8ccccc8c67)c5)cccc4c32)cc1.c1ccc(-n2c3ccccc3c3oc4c(-c5cccc(-c6cccc7oc8c9ccccc9ccc8c67)c5)cccc4c32)cc1. The highest BCUT2D eigenvalue weighted by Crippen LogP contribution is 2.50. The summed E-state index contributed by atoms with van der Waals surface area (Å²) in [7, 11) is 0. The molecule has 9 nitrogen and oxygen atoms in total. The van der Waals surface area contributed by atoms with Crippen molar-refractivity contribution in [2.75, 3.05) is 0 Å². The molecule has 0 amide bonds. The summed E-state index contributed by atoms with van der Waals surface area (Å²) in [6.45, 7) is 0. The lowest BCUT2D eigenvalue weighted by atomic mass is 9.95. The van der Waals surface area contributed by atoms with Gasteiger partial charge in [-0.05, 0) is 241 Å². The molecule has 0 bridgehead atoms. The first kappa shape index (κ1) is 75.8. The molecule has 0 aliphatic carbocycles. The predicted molar refractivity (Wildman–Crippen MR) is 559 cm³/mol. The van der Waals surface area contributed by atoms with Crippen molar-refractivity contribution in [3.63, 3.8) is 0 Å². The maximum atomic E-state index is 6.82. The lowest BCUT2D eigenvalue weighted by molar-refractivity contribution is 0.669. The summed E-state index contributed by atoms with van der Waals surface area (Å²) < 4.78 is 46.6. The molecule has 630 valence electrons. The molecular weight excluding hydrogens is 1650 g/mol. The molecule has 0 radical (unpaired) electrons. The Bertz CT molecular complexity index is 10100. The van der Waals surface area contributed by atoms with E-state index in [9.17, 15) is 0 Å². The van der Waals surface area contributed by atoms with Gasteiger partial charge in [0.1, 0.15) is 66.8 Å². The highest BCUT2D eigenvalue weighted by atomic mass is 16.4. The van der Waals surface area contributed by atoms with Crippen molar-refractivity contribution in [1.82, 2.24) is 13.7 Å². The standard InChI is InChI=1S/3C42H25NO2/c1-2-14-29(15-3-1)43-36-21-7-6-17-33(36)42-39(43)35-20-9-19-32(41(35)45-42)28-13-8-12-27(25-28)30-18-10-22-37-38(30)34-24-23-26-11-4-5-16-31(26)40(34)44-37;1-2-13-30(14-3-1)43-36-19-7-6-16-33(36)42-40(43)35-18-9-17-32(41(35)45-42)29-12-8-11-27(24-29)28-20-22-34-38(25-28)44-37-23-21-26-10-4-5-15-31(26)39(34)37;1-2-14-31(15-3-1)43-37-19-7-6-16-34(37)42-40(43)35-18-9-17-32(41(35)45-42)30-13-8-12-26(22-30)29-20-21-33-36-23-27-10-4-5-11-28(27)24-39(36)44-38(33)25-29/h3*1-25H. The van der Waals surface area contributed by atoms with Gasteiger partial charge in [0.15, 0.2) is 16.7 Å². The average molecular weight is 1730 g/mol. The van der Waals surface area contributed by atoms with E-state index >= 15 is 0 Å². The normalized spacial score (nSPS) is 12.0. The van der Waals surface area contributed by atoms with Gasteiger partial charge in [0.2, 0.25) is 0 Å². The molecule has 0 aliphatic rings. The third-order valence-corrected chi connectivity index (χ3v) is 27.5. The van der Waals surface area contributed by atoms with Gasteiger partial charge in [-0.3, -0.25) is 0 Å². The quantitative estimate of drug-likeness (QED) is 0.143. The number of furan rings is 6. The Morgan fingerprint density at radius 1 is 0.141 bits per heavy atom. The van der Waals surface area contributed by atoms with Crippen molar-refractivity contribution in [2.45, 2.75) is 0 Å². The molecule has 30 aromatic rings. The van der Waals surface area contributed by atoms with Gasteiger partial charge < -0.3 is 40.2 Å². The van der Waals surface area contributed by atoms with E-state index in [2.05, 4.69) is 469 Å². The van der Waals surface area contributed by atoms with Crippen LogP contribution in [0.25, 0.3) is 281 Å². The fraction of sp³-hybridized carbons (Fsp3) is 0. The van der Waals surface area contributed by atoms with Crippen LogP contribution < -0.4 is 0 Å². The van der Waals surface area contributed by atoms with E-state index in [-0.39, 0.29) is 0 Å². The number of aromatic nitrogens is 3. The van der Waals surface area contributed by atoms with Crippen LogP contribution in [0, 0.1) is 0 Å². The van der Waals surface area contributed by atoms with Crippen molar-refractivity contribution in [3.05, 3.63) is 455 Å². The number of rotatable bonds is 9. The third kappa shape index (κ3) is 12.0. The molecule has 0 fully saturated rings. The Kier molecular flexibility index (Phi) is 17.0. The second-order valence-electron chi connectivity index (χ2n) is 35.1. The molecule has 0 atom stereocenters. The lowest BCUT2D eigenvalue weighted by Gasteiger charge is -2.09. The zero-order chi connectivity index (χ0) is 88.5. The molecule has 0 N–H and O–H groups in total. The second kappa shape index (κ2) is 30.2. The summed E-state index contributed by atoms with van der Waals surface area (Å²) in [5, 5.41) is 20.7. The molecule has 0 aliphatic heterocycles. The Morgan fingerprint density at radius 2 is 0.481 bits per heavy atom. The van der Waals surface area contributed by atoms with Crippen LogP contribution in [0.15, 0.2) is 481 Å². The summed E-state index contributed by atoms with van der Waals surface area (Å²) in [6.07, 6.45) is 0. The Hall–Kier alpha value is -18.2. The summed E-state index contributed by atoms with van der Waals surface area (Å²) in [4.78, 5) is 0. The summed E-state index contributed by atoms with van der Waals surface area (Å²) in [6, 6.07) is 160. The maximum Gasteiger partial charge on any atom is 0.161 e. The molecule has 0 unspecified atom stereocenters. The maximum absolute atomic E-state index is 6.82. The summed E-state index contributed by atoms with van der Waals surface area (Å²) in [5.74, 6) is 0. The topological polar surface area (TPSA) is 93.6 Å². The monoisotopic (exact) mass is 1730 g/mol. The molecule has 21 aromatic carbocycles. The van der Waals surface area contributed by atoms with Gasteiger partial charge in [-0.2, -0.15) is 0 Å². The first-order valence-corrected chi connectivity index (χ1v) is 45.8. The predicted octanol–water partition coefficient (Wildman–Crippen LogP) is 35.7. The van der Waals surface area contributed by atoms with Crippen LogP contribution in [0.1, 0.15) is 0 Å². The van der Waals surface area contributed by atoms with Gasteiger partial charge >= 0.3 is 0 Å². The molecule has 9 heteroatoms. The zero-order valence-corrected chi connectivity index (χ0v) is 72.6. The van der Waals surface area contributed by atoms with E-state index in [4.69, 9.17) is 26.5 Å². The van der Waals surface area contributed by atoms with Gasteiger partial charge in [0.25, 0.3) is 0 Å². The Labute approximate surface area is 770 Å². The van der Waals surface area contributed by atoms with Gasteiger partial charge in [-0.25, -0.2) is 0 Å². The van der Waals surface area contributed by atoms with Crippen LogP contribution in [0.2, 0.25) is 0 Å². The van der Waals surface area contributed by atoms with Crippen molar-refractivity contribution in [3.8, 4) is 83.8 Å². The van der Waals surface area contributed by atoms with Gasteiger partial charge in [-0.15, -0.1) is 0 Å². The third-order valence-electron chi connectivity index (χ3n) is 27.5. The van der Waals surface area contributed by atoms with Crippen molar-refractivity contribution >= 4 is 197 Å². The molecule has 0 saturated carbocycles. The van der Waals surface area contributed by atoms with Gasteiger partial charge in [0.05, 0.1) is 16.6 Å². The molecule has 135 heavy (non-hydrogen) atoms. The van der Waals surface area contributed by atoms with Crippen LogP contribution >= 0.6 is 0 Å². The molecule has 0 saturated heterocycles. The number of hydrogen-bond donors (Lipinski definition) is 0. The van der Waals surface area contributed by atoms with Crippen LogP contribution in [0.5, 0.6) is 0 Å². The van der Waals surface area contributed by atoms with E-state index in [1.165, 1.54) is 32.3 Å². The fourth-order valence-electron chi connectivity index (χ4n) is 21.4. The second-order valence-corrected chi connectivity index (χ2v) is 35.1. The van der Waals surface area contributed by atoms with E-state index in [1.54, 1.807) is 0 Å². The van der Waals surface area contributed by atoms with Crippen molar-refractivity contribution in [1.29, 1.82) is 0 Å². The number of para-hydroxylation sites is 9. The highest BCUT2D eigenvalue weighted by Gasteiger charge is 2.28. The molecule has 9 heterocycles. The van der Waals surface area contributed by atoms with Crippen molar-refractivity contribution < 1.29 is 26.5 Å². The number of benzene rings is 21. The molecule has 9 aromatic heterocycles. The summed E-state index contributed by atoms with van der Waals surface area (Å²) in [5.41, 5.74) is 34.3. The van der Waals surface area contributed by atoms with Gasteiger partial charge in [-0.1, -0.05) is 291 Å². The van der Waals surface area contributed by atoms with Crippen molar-refractivity contribution in [2.24, 2.45) is 0 Å². The minimum atomic E-state index is 0.896. The lowest BCUT2D eigenvalue weighted by Crippen LogP contribution is -1.92. The van der Waals surface area contributed by atoms with Crippen LogP contribution in [0.4, 0.5) is 0 Å². The Morgan fingerprint density at radius 3 is 0.993 bits per heavy atom. The van der Waals surface area contributed by atoms with E-state index in [1.807, 2.05) is 0 Å². The minimum Gasteiger partial charge on any atom is -0.456 e. The smallest absolute Gasteiger partial charge is 0.161 e. The zero-order valence-electron chi connectivity index (χ0n) is 72.6. The van der Waals surface area contributed by atoms with Crippen LogP contribution in [-0.2, 0) is 0 Å². The van der Waals surface area contributed by atoms with E-state index in [0.717, 1.165) is 249 Å². The number of hydrogen-bond acceptors (Lipinski definition) is 6. The molecule has 30 rings (SSSR count). The van der Waals surface area contributed by atoms with Crippen LogP contribution in [-0.4, -0.2) is 13.7 Å². The van der Waals surface area contributed by atoms with Crippen LogP contribution in [0.3, 0.4) is 0 Å². The number of nitrogens with zero attached hydrogens (tertiary/aromatic N) is 3. The van der Waals surface area contributed by atoms with Gasteiger partial charge in [0, 0.05) is 104 Å². The molecular formula is C126H75N3O6. The molecule has 0 spiro atoms. The summed E-state index contributed by atoms with van der Waals surface area (Å²) >= 11 is 0. The first-order valence-electron chi connectivity index (χ1n) is 45.8. The number of fused-ring (bicyclic) bond motifs is 29. The average Bonchev–Trinajstić information content (AvgIpc) is 1.56. The largest absolute Gasteiger partial charge is 0.456 e.